The van der Waals surface area contributed by atoms with Crippen LogP contribution in [0.15, 0.2) is 60.8 Å². The van der Waals surface area contributed by atoms with Crippen molar-refractivity contribution in [2.45, 2.75) is 6.42 Å². The number of aromatic nitrogens is 1. The third-order valence-corrected chi connectivity index (χ3v) is 4.32. The first kappa shape index (κ1) is 20.1. The first-order chi connectivity index (χ1) is 14.1. The zero-order valence-corrected chi connectivity index (χ0v) is 16.2. The number of halogens is 1. The minimum absolute atomic E-state index is 0.246. The summed E-state index contributed by atoms with van der Waals surface area (Å²) in [4.78, 5) is 16.8. The highest BCUT2D eigenvalue weighted by atomic mass is 19.1. The number of amides is 1. The maximum Gasteiger partial charge on any atom is 0.257 e. The minimum atomic E-state index is -0.293. The number of nitrogens with zero attached hydrogens (tertiary/aromatic N) is 1. The smallest absolute Gasteiger partial charge is 0.257 e. The number of ether oxygens (including phenoxy) is 2. The number of carbonyl (C=O) groups excluding carboxylic acids is 1. The second-order valence-corrected chi connectivity index (χ2v) is 6.26. The van der Waals surface area contributed by atoms with Gasteiger partial charge in [0, 0.05) is 18.8 Å². The quantitative estimate of drug-likeness (QED) is 0.600. The Morgan fingerprint density at radius 3 is 2.48 bits per heavy atom. The highest BCUT2D eigenvalue weighted by Gasteiger charge is 2.11. The average molecular weight is 395 g/mol. The summed E-state index contributed by atoms with van der Waals surface area (Å²) in [6.45, 7) is 0.646. The third kappa shape index (κ3) is 5.44. The molecule has 0 aliphatic rings. The molecule has 1 aromatic heterocycles. The Balaban J connectivity index is 1.56. The van der Waals surface area contributed by atoms with E-state index in [4.69, 9.17) is 9.47 Å². The highest BCUT2D eigenvalue weighted by molar-refractivity contribution is 6.05. The second kappa shape index (κ2) is 9.54. The van der Waals surface area contributed by atoms with E-state index >= 15 is 0 Å². The van der Waals surface area contributed by atoms with E-state index in [2.05, 4.69) is 15.6 Å². The lowest BCUT2D eigenvalue weighted by molar-refractivity contribution is 0.102. The number of carbonyl (C=O) groups is 1. The van der Waals surface area contributed by atoms with Crippen molar-refractivity contribution in [3.05, 3.63) is 77.7 Å². The molecule has 2 N–H and O–H groups in total. The fraction of sp³-hybridized carbons (Fsp3) is 0.182. The van der Waals surface area contributed by atoms with Gasteiger partial charge in [0.15, 0.2) is 0 Å². The molecule has 0 fully saturated rings. The van der Waals surface area contributed by atoms with Gasteiger partial charge in [0.1, 0.15) is 23.1 Å². The second-order valence-electron chi connectivity index (χ2n) is 6.26. The molecule has 2 aromatic carbocycles. The summed E-state index contributed by atoms with van der Waals surface area (Å²) >= 11 is 0. The van der Waals surface area contributed by atoms with Crippen LogP contribution in [-0.4, -0.2) is 31.7 Å². The summed E-state index contributed by atoms with van der Waals surface area (Å²) in [6, 6.07) is 15.0. The monoisotopic (exact) mass is 395 g/mol. The first-order valence-corrected chi connectivity index (χ1v) is 9.07. The minimum Gasteiger partial charge on any atom is -0.497 e. The average Bonchev–Trinajstić information content (AvgIpc) is 2.76. The molecule has 29 heavy (non-hydrogen) atoms. The standard InChI is InChI=1S/C22H22FN3O3/c1-28-18-8-9-19(20(13-18)29-2)26-22(27)16-5-10-21(25-14-16)24-12-11-15-3-6-17(23)7-4-15/h3-10,13-14H,11-12H2,1-2H3,(H,24,25)(H,26,27). The largest absolute Gasteiger partial charge is 0.497 e. The van der Waals surface area contributed by atoms with Gasteiger partial charge >= 0.3 is 0 Å². The van der Waals surface area contributed by atoms with Crippen LogP contribution in [0.2, 0.25) is 0 Å². The van der Waals surface area contributed by atoms with Gasteiger partial charge in [0.05, 0.1) is 25.5 Å². The van der Waals surface area contributed by atoms with Crippen LogP contribution in [0.3, 0.4) is 0 Å². The molecule has 150 valence electrons. The molecule has 0 bridgehead atoms. The molecule has 6 nitrogen and oxygen atoms in total. The van der Waals surface area contributed by atoms with E-state index in [1.165, 1.54) is 25.4 Å². The van der Waals surface area contributed by atoms with Crippen molar-refractivity contribution in [2.24, 2.45) is 0 Å². The van der Waals surface area contributed by atoms with E-state index in [0.717, 1.165) is 12.0 Å². The molecular weight excluding hydrogens is 373 g/mol. The normalized spacial score (nSPS) is 10.3. The van der Waals surface area contributed by atoms with Crippen molar-refractivity contribution in [3.8, 4) is 11.5 Å². The number of hydrogen-bond donors (Lipinski definition) is 2. The van der Waals surface area contributed by atoms with E-state index in [1.807, 2.05) is 0 Å². The highest BCUT2D eigenvalue weighted by Crippen LogP contribution is 2.29. The molecule has 0 aliphatic heterocycles. The van der Waals surface area contributed by atoms with Gasteiger partial charge in [0.2, 0.25) is 0 Å². The number of benzene rings is 2. The Morgan fingerprint density at radius 1 is 1.03 bits per heavy atom. The van der Waals surface area contributed by atoms with E-state index in [-0.39, 0.29) is 11.7 Å². The predicted octanol–water partition coefficient (Wildman–Crippen LogP) is 4.14. The maximum absolute atomic E-state index is 12.9. The van der Waals surface area contributed by atoms with Gasteiger partial charge in [-0.05, 0) is 48.4 Å². The summed E-state index contributed by atoms with van der Waals surface area (Å²) in [7, 11) is 3.09. The van der Waals surface area contributed by atoms with Crippen molar-refractivity contribution >= 4 is 17.4 Å². The fourth-order valence-corrected chi connectivity index (χ4v) is 2.71. The zero-order chi connectivity index (χ0) is 20.6. The van der Waals surface area contributed by atoms with Crippen molar-refractivity contribution in [2.75, 3.05) is 31.4 Å². The number of methoxy groups -OCH3 is 2. The molecule has 7 heteroatoms. The van der Waals surface area contributed by atoms with Gasteiger partial charge in [-0.2, -0.15) is 0 Å². The van der Waals surface area contributed by atoms with Crippen molar-refractivity contribution in [1.29, 1.82) is 0 Å². The lowest BCUT2D eigenvalue weighted by Gasteiger charge is -2.12. The number of hydrogen-bond acceptors (Lipinski definition) is 5. The molecule has 1 heterocycles. The maximum atomic E-state index is 12.9. The first-order valence-electron chi connectivity index (χ1n) is 9.07. The molecule has 3 rings (SSSR count). The fourth-order valence-electron chi connectivity index (χ4n) is 2.71. The van der Waals surface area contributed by atoms with Crippen LogP contribution in [0, 0.1) is 5.82 Å². The molecule has 0 spiro atoms. The van der Waals surface area contributed by atoms with E-state index in [9.17, 15) is 9.18 Å². The van der Waals surface area contributed by atoms with E-state index in [1.54, 1.807) is 49.6 Å². The topological polar surface area (TPSA) is 72.5 Å². The molecule has 0 aliphatic carbocycles. The van der Waals surface area contributed by atoms with Crippen LogP contribution >= 0.6 is 0 Å². The number of rotatable bonds is 8. The van der Waals surface area contributed by atoms with Crippen LogP contribution in [0.4, 0.5) is 15.9 Å². The van der Waals surface area contributed by atoms with Gasteiger partial charge in [0.25, 0.3) is 5.91 Å². The van der Waals surface area contributed by atoms with Gasteiger partial charge in [-0.25, -0.2) is 9.37 Å². The molecule has 0 saturated heterocycles. The Morgan fingerprint density at radius 2 is 1.83 bits per heavy atom. The molecule has 0 radical (unpaired) electrons. The predicted molar refractivity (Wildman–Crippen MR) is 110 cm³/mol. The molecule has 0 saturated carbocycles. The molecule has 0 atom stereocenters. The van der Waals surface area contributed by atoms with E-state index in [0.29, 0.717) is 35.1 Å². The molecule has 3 aromatic rings. The Hall–Kier alpha value is -3.61. The number of anilines is 2. The zero-order valence-electron chi connectivity index (χ0n) is 16.2. The van der Waals surface area contributed by atoms with Crippen LogP contribution in [0.25, 0.3) is 0 Å². The lowest BCUT2D eigenvalue weighted by atomic mass is 10.1. The summed E-state index contributed by atoms with van der Waals surface area (Å²) in [5, 5.41) is 5.99. The van der Waals surface area contributed by atoms with Gasteiger partial charge < -0.3 is 20.1 Å². The summed E-state index contributed by atoms with van der Waals surface area (Å²) in [5.74, 6) is 1.26. The number of pyridine rings is 1. The lowest BCUT2D eigenvalue weighted by Crippen LogP contribution is -2.13. The van der Waals surface area contributed by atoms with Crippen LogP contribution in [0.5, 0.6) is 11.5 Å². The van der Waals surface area contributed by atoms with Gasteiger partial charge in [-0.3, -0.25) is 4.79 Å². The number of nitrogens with one attached hydrogen (secondary N) is 2. The van der Waals surface area contributed by atoms with Gasteiger partial charge in [-0.15, -0.1) is 0 Å². The van der Waals surface area contributed by atoms with Crippen molar-refractivity contribution in [3.63, 3.8) is 0 Å². The summed E-state index contributed by atoms with van der Waals surface area (Å²) < 4.78 is 23.4. The van der Waals surface area contributed by atoms with Crippen LogP contribution in [-0.2, 0) is 6.42 Å². The molecular formula is C22H22FN3O3. The van der Waals surface area contributed by atoms with Gasteiger partial charge in [-0.1, -0.05) is 12.1 Å². The Labute approximate surface area is 168 Å². The Kier molecular flexibility index (Phi) is 6.63. The molecule has 0 unspecified atom stereocenters. The SMILES string of the molecule is COc1ccc(NC(=O)c2ccc(NCCc3ccc(F)cc3)nc2)c(OC)c1. The summed E-state index contributed by atoms with van der Waals surface area (Å²) in [6.07, 6.45) is 2.24. The molecule has 1 amide bonds. The van der Waals surface area contributed by atoms with Crippen LogP contribution < -0.4 is 20.1 Å². The van der Waals surface area contributed by atoms with Crippen molar-refractivity contribution in [1.82, 2.24) is 4.98 Å². The van der Waals surface area contributed by atoms with E-state index < -0.39 is 0 Å². The third-order valence-electron chi connectivity index (χ3n) is 4.32. The Bertz CT molecular complexity index is 960. The summed E-state index contributed by atoms with van der Waals surface area (Å²) in [5.41, 5.74) is 2.00. The van der Waals surface area contributed by atoms with Crippen molar-refractivity contribution < 1.29 is 18.7 Å². The van der Waals surface area contributed by atoms with Crippen LogP contribution in [0.1, 0.15) is 15.9 Å².